The van der Waals surface area contributed by atoms with Crippen LogP contribution in [0.4, 0.5) is 0 Å². The van der Waals surface area contributed by atoms with Gasteiger partial charge in [-0.3, -0.25) is 0 Å². The Balaban J connectivity index is 2.29. The van der Waals surface area contributed by atoms with E-state index in [0.717, 1.165) is 29.6 Å². The molecule has 14 heavy (non-hydrogen) atoms. The second-order valence-corrected chi connectivity index (χ2v) is 5.69. The van der Waals surface area contributed by atoms with Gasteiger partial charge in [0.05, 0.1) is 0 Å². The van der Waals surface area contributed by atoms with Gasteiger partial charge in [0.1, 0.15) is 0 Å². The van der Waals surface area contributed by atoms with E-state index in [0.29, 0.717) is 0 Å². The lowest BCUT2D eigenvalue weighted by molar-refractivity contribution is 0.238. The Morgan fingerprint density at radius 1 is 1.07 bits per heavy atom. The van der Waals surface area contributed by atoms with Gasteiger partial charge in [-0.25, -0.2) is 0 Å². The summed E-state index contributed by atoms with van der Waals surface area (Å²) in [6.45, 7) is 11.9. The van der Waals surface area contributed by atoms with Crippen molar-refractivity contribution in [2.45, 2.75) is 60.3 Å². The minimum absolute atomic E-state index is 0.869. The van der Waals surface area contributed by atoms with Crippen LogP contribution >= 0.6 is 0 Å². The molecule has 0 aromatic heterocycles. The molecule has 0 aliphatic heterocycles. The molecule has 0 heteroatoms. The Morgan fingerprint density at radius 3 is 2.07 bits per heavy atom. The van der Waals surface area contributed by atoms with Crippen molar-refractivity contribution >= 4 is 0 Å². The van der Waals surface area contributed by atoms with Crippen LogP contribution in [0, 0.1) is 29.6 Å². The predicted molar refractivity (Wildman–Crippen MR) is 64.3 cm³/mol. The van der Waals surface area contributed by atoms with Gasteiger partial charge in [-0.15, -0.1) is 0 Å². The zero-order valence-corrected chi connectivity index (χ0v) is 10.7. The fourth-order valence-corrected chi connectivity index (χ4v) is 3.28. The number of hydrogen-bond donors (Lipinski definition) is 0. The molecule has 1 saturated carbocycles. The Morgan fingerprint density at radius 2 is 1.71 bits per heavy atom. The first-order chi connectivity index (χ1) is 6.60. The summed E-state index contributed by atoms with van der Waals surface area (Å²) in [6, 6.07) is 0. The Labute approximate surface area is 90.5 Å². The maximum absolute atomic E-state index is 2.47. The van der Waals surface area contributed by atoms with Gasteiger partial charge in [0.25, 0.3) is 0 Å². The summed E-state index contributed by atoms with van der Waals surface area (Å²) in [5.74, 6) is 4.94. The van der Waals surface area contributed by atoms with Crippen molar-refractivity contribution in [1.29, 1.82) is 0 Å². The maximum atomic E-state index is 2.47. The minimum Gasteiger partial charge on any atom is -0.0651 e. The third-order valence-electron chi connectivity index (χ3n) is 4.33. The second-order valence-electron chi connectivity index (χ2n) is 5.69. The highest BCUT2D eigenvalue weighted by molar-refractivity contribution is 4.87. The second kappa shape index (κ2) is 5.19. The van der Waals surface area contributed by atoms with Crippen molar-refractivity contribution < 1.29 is 0 Å². The zero-order chi connectivity index (χ0) is 10.7. The fraction of sp³-hybridized carbons (Fsp3) is 1.00. The predicted octanol–water partition coefficient (Wildman–Crippen LogP) is 4.74. The maximum Gasteiger partial charge on any atom is -0.0368 e. The van der Waals surface area contributed by atoms with Gasteiger partial charge < -0.3 is 0 Å². The average molecular weight is 196 g/mol. The topological polar surface area (TPSA) is 0 Å². The summed E-state index contributed by atoms with van der Waals surface area (Å²) in [7, 11) is 0. The van der Waals surface area contributed by atoms with Crippen molar-refractivity contribution in [3.05, 3.63) is 0 Å². The Kier molecular flexibility index (Phi) is 4.47. The van der Waals surface area contributed by atoms with Crippen LogP contribution in [0.15, 0.2) is 0 Å². The fourth-order valence-electron chi connectivity index (χ4n) is 3.28. The largest absolute Gasteiger partial charge is 0.0651 e. The molecule has 1 aliphatic carbocycles. The van der Waals surface area contributed by atoms with Gasteiger partial charge in [-0.1, -0.05) is 47.5 Å². The quantitative estimate of drug-likeness (QED) is 0.575. The lowest BCUT2D eigenvalue weighted by Crippen LogP contribution is -2.17. The molecule has 0 spiro atoms. The van der Waals surface area contributed by atoms with Crippen LogP contribution in [0.5, 0.6) is 0 Å². The molecular formula is C14H28. The summed E-state index contributed by atoms with van der Waals surface area (Å²) in [6.07, 6.45) is 5.79. The molecule has 0 saturated heterocycles. The third-order valence-corrected chi connectivity index (χ3v) is 4.33. The SMILES string of the molecule is CCC1CC1CC(C)C(CC)C(C)C. The zero-order valence-electron chi connectivity index (χ0n) is 10.7. The van der Waals surface area contributed by atoms with E-state index < -0.39 is 0 Å². The highest BCUT2D eigenvalue weighted by Gasteiger charge is 2.37. The van der Waals surface area contributed by atoms with Gasteiger partial charge >= 0.3 is 0 Å². The van der Waals surface area contributed by atoms with Gasteiger partial charge in [-0.2, -0.15) is 0 Å². The van der Waals surface area contributed by atoms with Crippen LogP contribution in [0.1, 0.15) is 60.3 Å². The highest BCUT2D eigenvalue weighted by Crippen LogP contribution is 2.47. The van der Waals surface area contributed by atoms with Crippen LogP contribution in [0.3, 0.4) is 0 Å². The smallest absolute Gasteiger partial charge is 0.0368 e. The van der Waals surface area contributed by atoms with Crippen LogP contribution in [0.2, 0.25) is 0 Å². The molecule has 0 aromatic rings. The van der Waals surface area contributed by atoms with Crippen LogP contribution in [0.25, 0.3) is 0 Å². The van der Waals surface area contributed by atoms with E-state index in [9.17, 15) is 0 Å². The standard InChI is InChI=1S/C14H28/c1-6-12-9-13(12)8-11(5)14(7-2)10(3)4/h10-14H,6-9H2,1-5H3. The van der Waals surface area contributed by atoms with Crippen LogP contribution in [-0.2, 0) is 0 Å². The van der Waals surface area contributed by atoms with E-state index >= 15 is 0 Å². The van der Waals surface area contributed by atoms with E-state index in [1.54, 1.807) is 0 Å². The molecule has 0 nitrogen and oxygen atoms in total. The molecule has 1 rings (SSSR count). The third kappa shape index (κ3) is 3.00. The summed E-state index contributed by atoms with van der Waals surface area (Å²) < 4.78 is 0. The number of hydrogen-bond acceptors (Lipinski definition) is 0. The molecule has 0 amide bonds. The molecule has 4 unspecified atom stereocenters. The molecule has 0 heterocycles. The minimum atomic E-state index is 0.869. The average Bonchev–Trinajstić information content (AvgIpc) is 2.83. The molecule has 0 aromatic carbocycles. The lowest BCUT2D eigenvalue weighted by Gasteiger charge is -2.26. The molecule has 84 valence electrons. The molecule has 1 aliphatic rings. The van der Waals surface area contributed by atoms with Gasteiger partial charge in [0.15, 0.2) is 0 Å². The monoisotopic (exact) mass is 196 g/mol. The summed E-state index contributed by atoms with van der Waals surface area (Å²) in [5.41, 5.74) is 0. The van der Waals surface area contributed by atoms with E-state index in [1.807, 2.05) is 0 Å². The normalized spacial score (nSPS) is 30.4. The molecular weight excluding hydrogens is 168 g/mol. The molecule has 0 bridgehead atoms. The first-order valence-electron chi connectivity index (χ1n) is 6.60. The lowest BCUT2D eigenvalue weighted by atomic mass is 9.80. The summed E-state index contributed by atoms with van der Waals surface area (Å²) in [5, 5.41) is 0. The summed E-state index contributed by atoms with van der Waals surface area (Å²) in [4.78, 5) is 0. The Bertz CT molecular complexity index is 159. The van der Waals surface area contributed by atoms with Crippen molar-refractivity contribution in [2.75, 3.05) is 0 Å². The molecule has 0 radical (unpaired) electrons. The first-order valence-corrected chi connectivity index (χ1v) is 6.60. The van der Waals surface area contributed by atoms with E-state index in [2.05, 4.69) is 34.6 Å². The molecule has 0 N–H and O–H groups in total. The number of rotatable bonds is 6. The van der Waals surface area contributed by atoms with Gasteiger partial charge in [0, 0.05) is 0 Å². The van der Waals surface area contributed by atoms with E-state index in [-0.39, 0.29) is 0 Å². The Hall–Kier alpha value is 0. The van der Waals surface area contributed by atoms with E-state index in [1.165, 1.54) is 25.7 Å². The van der Waals surface area contributed by atoms with Crippen LogP contribution in [-0.4, -0.2) is 0 Å². The van der Waals surface area contributed by atoms with E-state index in [4.69, 9.17) is 0 Å². The van der Waals surface area contributed by atoms with Gasteiger partial charge in [-0.05, 0) is 42.4 Å². The van der Waals surface area contributed by atoms with Crippen molar-refractivity contribution in [1.82, 2.24) is 0 Å². The van der Waals surface area contributed by atoms with Crippen molar-refractivity contribution in [3.63, 3.8) is 0 Å². The van der Waals surface area contributed by atoms with Crippen molar-refractivity contribution in [3.8, 4) is 0 Å². The first kappa shape index (κ1) is 12.1. The van der Waals surface area contributed by atoms with Crippen molar-refractivity contribution in [2.24, 2.45) is 29.6 Å². The molecule has 1 fully saturated rings. The highest BCUT2D eigenvalue weighted by atomic mass is 14.4. The molecule has 4 atom stereocenters. The van der Waals surface area contributed by atoms with Gasteiger partial charge in [0.2, 0.25) is 0 Å². The summed E-state index contributed by atoms with van der Waals surface area (Å²) >= 11 is 0. The van der Waals surface area contributed by atoms with Crippen LogP contribution < -0.4 is 0 Å².